The molecule has 0 spiro atoms. The van der Waals surface area contributed by atoms with Crippen LogP contribution in [0.4, 0.5) is 0 Å². The molecular weight excluding hydrogens is 350 g/mol. The van der Waals surface area contributed by atoms with E-state index in [1.165, 1.54) is 13.2 Å². The molecule has 1 heterocycles. The molecule has 0 saturated carbocycles. The second kappa shape index (κ2) is 11.0. The van der Waals surface area contributed by atoms with Crippen molar-refractivity contribution in [3.63, 3.8) is 0 Å². The summed E-state index contributed by atoms with van der Waals surface area (Å²) < 4.78 is 9.94. The van der Waals surface area contributed by atoms with E-state index in [9.17, 15) is 9.59 Å². The Morgan fingerprint density at radius 1 is 1.22 bits per heavy atom. The average molecular weight is 379 g/mol. The largest absolute Gasteiger partial charge is 0.465 e. The minimum atomic E-state index is -0.474. The topological polar surface area (TPSA) is 114 Å². The van der Waals surface area contributed by atoms with E-state index in [4.69, 9.17) is 20.3 Å². The van der Waals surface area contributed by atoms with Crippen molar-refractivity contribution in [2.75, 3.05) is 46.6 Å². The number of nitrogens with two attached hydrogens (primary N) is 1. The van der Waals surface area contributed by atoms with Crippen LogP contribution in [0, 0.1) is 0 Å². The summed E-state index contributed by atoms with van der Waals surface area (Å²) in [5, 5.41) is 11.4. The van der Waals surface area contributed by atoms with Crippen molar-refractivity contribution in [1.29, 1.82) is 0 Å². The molecular formula is C19H29N3O5. The SMILES string of the molecule is COC(=O)c1cc(CN2CCC(N)CC2)cc(C(=O)NCCOCCO)c1. The third kappa shape index (κ3) is 6.91. The van der Waals surface area contributed by atoms with Crippen LogP contribution in [0.2, 0.25) is 0 Å². The number of ether oxygens (including phenoxy) is 2. The molecule has 8 nitrogen and oxygen atoms in total. The Morgan fingerprint density at radius 2 is 1.93 bits per heavy atom. The van der Waals surface area contributed by atoms with Crippen molar-refractivity contribution in [3.05, 3.63) is 34.9 Å². The van der Waals surface area contributed by atoms with Gasteiger partial charge in [-0.15, -0.1) is 0 Å². The van der Waals surface area contributed by atoms with Crippen LogP contribution >= 0.6 is 0 Å². The highest BCUT2D eigenvalue weighted by atomic mass is 16.5. The van der Waals surface area contributed by atoms with Gasteiger partial charge in [0.2, 0.25) is 0 Å². The Hall–Kier alpha value is -2.00. The van der Waals surface area contributed by atoms with Gasteiger partial charge < -0.3 is 25.6 Å². The van der Waals surface area contributed by atoms with E-state index in [-0.39, 0.29) is 25.2 Å². The zero-order chi connectivity index (χ0) is 19.6. The highest BCUT2D eigenvalue weighted by Gasteiger charge is 2.18. The van der Waals surface area contributed by atoms with E-state index in [0.717, 1.165) is 31.5 Å². The van der Waals surface area contributed by atoms with Gasteiger partial charge in [-0.3, -0.25) is 9.69 Å². The molecule has 1 aromatic rings. The number of piperidine rings is 1. The standard InChI is InChI=1S/C19H29N3O5/c1-26-19(25)16-11-14(13-22-5-2-17(20)3-6-22)10-15(12-16)18(24)21-4-8-27-9-7-23/h10-12,17,23H,2-9,13,20H2,1H3,(H,21,24). The summed E-state index contributed by atoms with van der Waals surface area (Å²) in [5.41, 5.74) is 7.59. The molecule has 0 unspecified atom stereocenters. The Labute approximate surface area is 159 Å². The van der Waals surface area contributed by atoms with Crippen molar-refractivity contribution >= 4 is 11.9 Å². The van der Waals surface area contributed by atoms with Crippen LogP contribution in [-0.4, -0.2) is 74.5 Å². The van der Waals surface area contributed by atoms with Gasteiger partial charge in [0.25, 0.3) is 5.91 Å². The number of amides is 1. The molecule has 0 atom stereocenters. The number of nitrogens with one attached hydrogen (secondary N) is 1. The molecule has 0 aromatic heterocycles. The van der Waals surface area contributed by atoms with E-state index < -0.39 is 5.97 Å². The molecule has 1 aliphatic heterocycles. The molecule has 1 saturated heterocycles. The van der Waals surface area contributed by atoms with Crippen LogP contribution in [-0.2, 0) is 16.0 Å². The fourth-order valence-electron chi connectivity index (χ4n) is 3.02. The van der Waals surface area contributed by atoms with Crippen LogP contribution in [0.5, 0.6) is 0 Å². The second-order valence-electron chi connectivity index (χ2n) is 6.62. The van der Waals surface area contributed by atoms with Crippen molar-refractivity contribution in [1.82, 2.24) is 10.2 Å². The summed E-state index contributed by atoms with van der Waals surface area (Å²) in [6, 6.07) is 5.34. The van der Waals surface area contributed by atoms with Crippen LogP contribution < -0.4 is 11.1 Å². The number of methoxy groups -OCH3 is 1. The van der Waals surface area contributed by atoms with Crippen LogP contribution in [0.3, 0.4) is 0 Å². The molecule has 0 radical (unpaired) electrons. The summed E-state index contributed by atoms with van der Waals surface area (Å²) in [5.74, 6) is -0.756. The average Bonchev–Trinajstić information content (AvgIpc) is 2.68. The van der Waals surface area contributed by atoms with Crippen molar-refractivity contribution in [2.45, 2.75) is 25.4 Å². The van der Waals surface area contributed by atoms with Gasteiger partial charge in [0.1, 0.15) is 0 Å². The van der Waals surface area contributed by atoms with Gasteiger partial charge in [-0.25, -0.2) is 4.79 Å². The first kappa shape index (κ1) is 21.3. The minimum absolute atomic E-state index is 0.0557. The summed E-state index contributed by atoms with van der Waals surface area (Å²) in [6.07, 6.45) is 1.88. The summed E-state index contributed by atoms with van der Waals surface area (Å²) in [6.45, 7) is 3.25. The van der Waals surface area contributed by atoms with Gasteiger partial charge in [-0.2, -0.15) is 0 Å². The molecule has 150 valence electrons. The quantitative estimate of drug-likeness (QED) is 0.413. The summed E-state index contributed by atoms with van der Waals surface area (Å²) in [7, 11) is 1.32. The van der Waals surface area contributed by atoms with E-state index in [1.54, 1.807) is 12.1 Å². The van der Waals surface area contributed by atoms with Crippen LogP contribution in [0.15, 0.2) is 18.2 Å². The highest BCUT2D eigenvalue weighted by molar-refractivity contribution is 5.98. The third-order valence-electron chi connectivity index (χ3n) is 4.48. The van der Waals surface area contributed by atoms with Gasteiger partial charge in [-0.05, 0) is 49.7 Å². The number of nitrogens with zero attached hydrogens (tertiary/aromatic N) is 1. The van der Waals surface area contributed by atoms with Crippen LogP contribution in [0.25, 0.3) is 0 Å². The minimum Gasteiger partial charge on any atom is -0.465 e. The smallest absolute Gasteiger partial charge is 0.337 e. The Morgan fingerprint density at radius 3 is 2.59 bits per heavy atom. The predicted molar refractivity (Wildman–Crippen MR) is 101 cm³/mol. The Kier molecular flexibility index (Phi) is 8.66. The number of carbonyl (C=O) groups excluding carboxylic acids is 2. The molecule has 4 N–H and O–H groups in total. The van der Waals surface area contributed by atoms with Gasteiger partial charge in [0.15, 0.2) is 0 Å². The predicted octanol–water partition coefficient (Wildman–Crippen LogP) is 0.135. The third-order valence-corrected chi connectivity index (χ3v) is 4.48. The van der Waals surface area contributed by atoms with Gasteiger partial charge >= 0.3 is 5.97 Å². The van der Waals surface area contributed by atoms with Gasteiger partial charge in [-0.1, -0.05) is 0 Å². The molecule has 1 fully saturated rings. The lowest BCUT2D eigenvalue weighted by molar-refractivity contribution is 0.0600. The number of aliphatic hydroxyl groups is 1. The van der Waals surface area contributed by atoms with Crippen molar-refractivity contribution < 1.29 is 24.2 Å². The van der Waals surface area contributed by atoms with Gasteiger partial charge in [0, 0.05) is 24.7 Å². The number of benzene rings is 1. The first-order chi connectivity index (χ1) is 13.0. The number of rotatable bonds is 9. The van der Waals surface area contributed by atoms with E-state index in [0.29, 0.717) is 30.8 Å². The lowest BCUT2D eigenvalue weighted by atomic mass is 10.0. The normalized spacial score (nSPS) is 15.5. The molecule has 1 aromatic carbocycles. The fourth-order valence-corrected chi connectivity index (χ4v) is 3.02. The number of esters is 1. The number of aliphatic hydroxyl groups excluding tert-OH is 1. The number of carbonyl (C=O) groups is 2. The Balaban J connectivity index is 2.06. The zero-order valence-corrected chi connectivity index (χ0v) is 15.8. The second-order valence-corrected chi connectivity index (χ2v) is 6.62. The molecule has 2 rings (SSSR count). The molecule has 8 heteroatoms. The molecule has 0 aliphatic carbocycles. The first-order valence-corrected chi connectivity index (χ1v) is 9.20. The first-order valence-electron chi connectivity index (χ1n) is 9.20. The molecule has 1 amide bonds. The maximum atomic E-state index is 12.4. The van der Waals surface area contributed by atoms with Crippen LogP contribution in [0.1, 0.15) is 39.1 Å². The molecule has 1 aliphatic rings. The fraction of sp³-hybridized carbons (Fsp3) is 0.579. The lowest BCUT2D eigenvalue weighted by Gasteiger charge is -2.30. The highest BCUT2D eigenvalue weighted by Crippen LogP contribution is 2.17. The van der Waals surface area contributed by atoms with E-state index in [1.807, 2.05) is 0 Å². The molecule has 0 bridgehead atoms. The van der Waals surface area contributed by atoms with E-state index >= 15 is 0 Å². The van der Waals surface area contributed by atoms with Gasteiger partial charge in [0.05, 0.1) is 32.5 Å². The zero-order valence-electron chi connectivity index (χ0n) is 15.8. The van der Waals surface area contributed by atoms with Crippen molar-refractivity contribution in [3.8, 4) is 0 Å². The summed E-state index contributed by atoms with van der Waals surface area (Å²) in [4.78, 5) is 26.7. The summed E-state index contributed by atoms with van der Waals surface area (Å²) >= 11 is 0. The molecule has 27 heavy (non-hydrogen) atoms. The monoisotopic (exact) mass is 379 g/mol. The Bertz CT molecular complexity index is 630. The number of hydrogen-bond donors (Lipinski definition) is 3. The maximum Gasteiger partial charge on any atom is 0.337 e. The lowest BCUT2D eigenvalue weighted by Crippen LogP contribution is -2.39. The van der Waals surface area contributed by atoms with Crippen molar-refractivity contribution in [2.24, 2.45) is 5.73 Å². The number of hydrogen-bond acceptors (Lipinski definition) is 7. The van der Waals surface area contributed by atoms with E-state index in [2.05, 4.69) is 10.2 Å². The maximum absolute atomic E-state index is 12.4. The number of likely N-dealkylation sites (tertiary alicyclic amines) is 1.